The smallest absolute Gasteiger partial charge is 0.431 e. The zero-order chi connectivity index (χ0) is 25.5. The van der Waals surface area contributed by atoms with Crippen molar-refractivity contribution < 1.29 is 27.9 Å². The van der Waals surface area contributed by atoms with E-state index in [4.69, 9.17) is 28.3 Å². The third-order valence-electron chi connectivity index (χ3n) is 5.28. The van der Waals surface area contributed by atoms with Crippen LogP contribution in [0.1, 0.15) is 32.7 Å². The van der Waals surface area contributed by atoms with E-state index in [1.165, 1.54) is 17.0 Å². The van der Waals surface area contributed by atoms with E-state index in [1.54, 1.807) is 29.2 Å². The number of nitrogens with one attached hydrogen (secondary N) is 1. The minimum absolute atomic E-state index is 0.0685. The molecular weight excluding hydrogens is 528 g/mol. The first kappa shape index (κ1) is 25.2. The monoisotopic (exact) mass is 542 g/mol. The number of carbonyl (C=O) groups excluding carboxylic acids is 1. The molecule has 182 valence electrons. The zero-order valence-corrected chi connectivity index (χ0v) is 19.9. The molecular formula is C23H15Cl2F3N2O4S. The van der Waals surface area contributed by atoms with E-state index in [2.05, 4.69) is 0 Å². The van der Waals surface area contributed by atoms with Crippen LogP contribution in [-0.4, -0.2) is 26.9 Å². The van der Waals surface area contributed by atoms with Gasteiger partial charge in [-0.05, 0) is 34.9 Å². The van der Waals surface area contributed by atoms with Gasteiger partial charge in [0.05, 0.1) is 16.5 Å². The first-order valence-electron chi connectivity index (χ1n) is 10.0. The Kier molecular flexibility index (Phi) is 6.90. The molecule has 1 aliphatic heterocycles. The quantitative estimate of drug-likeness (QED) is 0.435. The predicted octanol–water partition coefficient (Wildman–Crippen LogP) is 5.63. The molecule has 1 amide bonds. The van der Waals surface area contributed by atoms with Crippen molar-refractivity contribution in [2.45, 2.75) is 35.5 Å². The van der Waals surface area contributed by atoms with Crippen molar-refractivity contribution in [3.63, 3.8) is 0 Å². The van der Waals surface area contributed by atoms with Gasteiger partial charge in [-0.1, -0.05) is 59.2 Å². The van der Waals surface area contributed by atoms with Crippen LogP contribution in [0.4, 0.5) is 13.2 Å². The van der Waals surface area contributed by atoms with Gasteiger partial charge in [-0.15, -0.1) is 0 Å². The zero-order valence-electron chi connectivity index (χ0n) is 17.6. The highest BCUT2D eigenvalue weighted by Crippen LogP contribution is 2.41. The van der Waals surface area contributed by atoms with Gasteiger partial charge in [0.1, 0.15) is 11.3 Å². The Morgan fingerprint density at radius 2 is 1.71 bits per heavy atom. The molecule has 0 atom stereocenters. The molecule has 0 spiro atoms. The van der Waals surface area contributed by atoms with E-state index in [1.807, 2.05) is 0 Å². The fourth-order valence-electron chi connectivity index (χ4n) is 3.70. The van der Waals surface area contributed by atoms with Crippen molar-refractivity contribution in [3.8, 4) is 0 Å². The van der Waals surface area contributed by atoms with Crippen LogP contribution in [0.2, 0.25) is 10.0 Å². The van der Waals surface area contributed by atoms with Crippen LogP contribution in [-0.2, 0) is 30.5 Å². The van der Waals surface area contributed by atoms with E-state index >= 15 is 0 Å². The number of pyridine rings is 1. The molecule has 1 aromatic heterocycles. The third kappa shape index (κ3) is 5.34. The Morgan fingerprint density at radius 1 is 1.06 bits per heavy atom. The van der Waals surface area contributed by atoms with Gasteiger partial charge < -0.3 is 15.0 Å². The third-order valence-corrected chi connectivity index (χ3v) is 7.32. The summed E-state index contributed by atoms with van der Waals surface area (Å²) in [4.78, 5) is 40.2. The van der Waals surface area contributed by atoms with E-state index in [0.717, 1.165) is 5.56 Å². The molecule has 0 unspecified atom stereocenters. The number of fused-ring (bicyclic) bond motifs is 1. The second-order valence-electron chi connectivity index (χ2n) is 7.74. The van der Waals surface area contributed by atoms with E-state index in [0.29, 0.717) is 29.0 Å². The number of hydrogen-bond acceptors (Lipinski definition) is 4. The highest BCUT2D eigenvalue weighted by Gasteiger charge is 2.36. The standard InChI is InChI=1S/C23H15Cl2F3N2O4S/c24-14-2-1-3-15(25)20(14)35-16-8-17(23(26,27)28)29-21(33)19(16)22(34)30-9-12-5-4-11(7-18(31)32)6-13(12)10-30/h1-6,8H,7,9-10H2,(H,29,33)(H,31,32). The fraction of sp³-hybridized carbons (Fsp3) is 0.174. The average Bonchev–Trinajstić information content (AvgIpc) is 3.18. The van der Waals surface area contributed by atoms with E-state index < -0.39 is 34.9 Å². The number of carbonyl (C=O) groups is 2. The Bertz CT molecular complexity index is 1390. The number of carboxylic acid groups (broad SMARTS) is 1. The molecule has 0 bridgehead atoms. The molecule has 35 heavy (non-hydrogen) atoms. The SMILES string of the molecule is O=C(O)Cc1ccc2c(c1)CN(C(=O)c1c(Sc3c(Cl)cccc3Cl)cc(C(F)(F)F)[nH]c1=O)C2. The maximum atomic E-state index is 13.4. The summed E-state index contributed by atoms with van der Waals surface area (Å²) >= 11 is 13.0. The van der Waals surface area contributed by atoms with Gasteiger partial charge in [-0.25, -0.2) is 0 Å². The number of halogens is 5. The minimum atomic E-state index is -4.86. The number of alkyl halides is 3. The normalized spacial score (nSPS) is 13.1. The van der Waals surface area contributed by atoms with Crippen LogP contribution in [0.15, 0.2) is 57.1 Å². The van der Waals surface area contributed by atoms with Gasteiger partial charge in [0.25, 0.3) is 11.5 Å². The number of aromatic nitrogens is 1. The summed E-state index contributed by atoms with van der Waals surface area (Å²) in [5, 5.41) is 9.30. The van der Waals surface area contributed by atoms with Crippen LogP contribution in [0.5, 0.6) is 0 Å². The summed E-state index contributed by atoms with van der Waals surface area (Å²) in [5.74, 6) is -1.78. The summed E-state index contributed by atoms with van der Waals surface area (Å²) in [6.07, 6.45) is -5.05. The predicted molar refractivity (Wildman–Crippen MR) is 124 cm³/mol. The summed E-state index contributed by atoms with van der Waals surface area (Å²) in [5.41, 5.74) is -0.992. The van der Waals surface area contributed by atoms with Crippen molar-refractivity contribution >= 4 is 46.8 Å². The van der Waals surface area contributed by atoms with Crippen molar-refractivity contribution in [3.05, 3.63) is 90.8 Å². The molecule has 12 heteroatoms. The van der Waals surface area contributed by atoms with Gasteiger partial charge in [0.2, 0.25) is 0 Å². The van der Waals surface area contributed by atoms with Crippen molar-refractivity contribution in [2.24, 2.45) is 0 Å². The van der Waals surface area contributed by atoms with Crippen molar-refractivity contribution in [1.82, 2.24) is 9.88 Å². The highest BCUT2D eigenvalue weighted by molar-refractivity contribution is 7.99. The molecule has 0 radical (unpaired) electrons. The first-order chi connectivity index (χ1) is 16.4. The van der Waals surface area contributed by atoms with Crippen molar-refractivity contribution in [1.29, 1.82) is 0 Å². The number of benzene rings is 2. The van der Waals surface area contributed by atoms with Gasteiger partial charge >= 0.3 is 12.1 Å². The second-order valence-corrected chi connectivity index (χ2v) is 9.60. The lowest BCUT2D eigenvalue weighted by Crippen LogP contribution is -2.32. The number of H-pyrrole nitrogens is 1. The Balaban J connectivity index is 1.73. The summed E-state index contributed by atoms with van der Waals surface area (Å²) in [7, 11) is 0. The summed E-state index contributed by atoms with van der Waals surface area (Å²) in [6, 6.07) is 10.2. The van der Waals surface area contributed by atoms with Gasteiger partial charge in [0, 0.05) is 22.9 Å². The molecule has 2 N–H and O–H groups in total. The molecule has 2 aromatic carbocycles. The second kappa shape index (κ2) is 9.60. The lowest BCUT2D eigenvalue weighted by atomic mass is 10.0. The maximum Gasteiger partial charge on any atom is 0.431 e. The number of hydrogen-bond donors (Lipinski definition) is 2. The van der Waals surface area contributed by atoms with E-state index in [-0.39, 0.29) is 39.3 Å². The van der Waals surface area contributed by atoms with Crippen LogP contribution >= 0.6 is 35.0 Å². The van der Waals surface area contributed by atoms with Crippen LogP contribution < -0.4 is 5.56 Å². The van der Waals surface area contributed by atoms with Crippen molar-refractivity contribution in [2.75, 3.05) is 0 Å². The molecule has 1 aliphatic rings. The molecule has 0 saturated heterocycles. The maximum absolute atomic E-state index is 13.4. The lowest BCUT2D eigenvalue weighted by molar-refractivity contribution is -0.141. The Hall–Kier alpha value is -2.95. The summed E-state index contributed by atoms with van der Waals surface area (Å²) < 4.78 is 40.3. The summed E-state index contributed by atoms with van der Waals surface area (Å²) in [6.45, 7) is 0.179. The van der Waals surface area contributed by atoms with Gasteiger partial charge in [-0.3, -0.25) is 14.4 Å². The Labute approximate surface area is 210 Å². The van der Waals surface area contributed by atoms with E-state index in [9.17, 15) is 27.6 Å². The molecule has 3 aromatic rings. The molecule has 0 aliphatic carbocycles. The van der Waals surface area contributed by atoms with Crippen LogP contribution in [0.3, 0.4) is 0 Å². The molecule has 0 fully saturated rings. The number of aromatic amines is 1. The molecule has 6 nitrogen and oxygen atoms in total. The molecule has 2 heterocycles. The lowest BCUT2D eigenvalue weighted by Gasteiger charge is -2.18. The highest BCUT2D eigenvalue weighted by atomic mass is 35.5. The first-order valence-corrected chi connectivity index (χ1v) is 11.6. The number of carboxylic acids is 1. The average molecular weight is 543 g/mol. The van der Waals surface area contributed by atoms with Crippen LogP contribution in [0.25, 0.3) is 0 Å². The Morgan fingerprint density at radius 3 is 2.34 bits per heavy atom. The minimum Gasteiger partial charge on any atom is -0.481 e. The number of rotatable bonds is 5. The molecule has 0 saturated carbocycles. The number of amides is 1. The topological polar surface area (TPSA) is 90.5 Å². The fourth-order valence-corrected chi connectivity index (χ4v) is 5.33. The van der Waals surface area contributed by atoms with Gasteiger partial charge in [-0.2, -0.15) is 13.2 Å². The largest absolute Gasteiger partial charge is 0.481 e. The molecule has 4 rings (SSSR count). The van der Waals surface area contributed by atoms with Gasteiger partial charge in [0.15, 0.2) is 0 Å². The number of nitrogens with zero attached hydrogens (tertiary/aromatic N) is 1. The van der Waals surface area contributed by atoms with Crippen LogP contribution in [0, 0.1) is 0 Å². The number of aliphatic carboxylic acids is 1.